The molecule has 1 saturated heterocycles. The van der Waals surface area contributed by atoms with E-state index in [0.717, 1.165) is 62.4 Å². The highest BCUT2D eigenvalue weighted by Crippen LogP contribution is 2.31. The van der Waals surface area contributed by atoms with Crippen molar-refractivity contribution in [3.63, 3.8) is 0 Å². The Balaban J connectivity index is 1.57. The molecule has 0 spiro atoms. The Hall–Kier alpha value is -3.20. The number of furan rings is 1. The summed E-state index contributed by atoms with van der Waals surface area (Å²) < 4.78 is 6.00. The second-order valence-corrected chi connectivity index (χ2v) is 8.74. The van der Waals surface area contributed by atoms with Crippen molar-refractivity contribution in [3.8, 4) is 0 Å². The first-order valence-corrected chi connectivity index (χ1v) is 11.5. The highest BCUT2D eigenvalue weighted by atomic mass is 35.5. The largest absolute Gasteiger partial charge is 0.455 e. The first-order chi connectivity index (χ1) is 15.9. The smallest absolute Gasteiger partial charge is 0.289 e. The number of nitro groups is 1. The molecule has 1 aliphatic heterocycles. The number of amides is 2. The van der Waals surface area contributed by atoms with Gasteiger partial charge in [-0.05, 0) is 44.7 Å². The van der Waals surface area contributed by atoms with Gasteiger partial charge in [-0.15, -0.1) is 0 Å². The van der Waals surface area contributed by atoms with Gasteiger partial charge in [-0.3, -0.25) is 19.7 Å². The first kappa shape index (κ1) is 23.0. The molecule has 0 atom stereocenters. The number of hydrogen-bond donors (Lipinski definition) is 1. The molecule has 9 nitrogen and oxygen atoms in total. The lowest BCUT2D eigenvalue weighted by atomic mass is 9.93. The predicted octanol–water partition coefficient (Wildman–Crippen LogP) is 4.64. The van der Waals surface area contributed by atoms with Gasteiger partial charge in [0, 0.05) is 42.3 Å². The van der Waals surface area contributed by atoms with Gasteiger partial charge in [0.1, 0.15) is 10.8 Å². The number of hydrogen-bond acceptors (Lipinski definition) is 6. The van der Waals surface area contributed by atoms with Crippen LogP contribution in [0.4, 0.5) is 5.69 Å². The SMILES string of the molecule is Cc1c(C(=O)N2CCCCCC2)oc2c1/C(=N/NC(=O)c1ccc(Cl)c([N+](=O)[O-])c1)CCC2. The van der Waals surface area contributed by atoms with Crippen LogP contribution >= 0.6 is 11.6 Å². The van der Waals surface area contributed by atoms with Gasteiger partial charge >= 0.3 is 0 Å². The molecule has 0 bridgehead atoms. The Kier molecular flexibility index (Phi) is 6.78. The summed E-state index contributed by atoms with van der Waals surface area (Å²) in [5.74, 6) is 0.361. The Bertz CT molecular complexity index is 1130. The molecule has 10 heteroatoms. The summed E-state index contributed by atoms with van der Waals surface area (Å²) in [6.45, 7) is 3.31. The number of rotatable bonds is 4. The minimum atomic E-state index is -0.643. The fraction of sp³-hybridized carbons (Fsp3) is 0.435. The Morgan fingerprint density at radius 1 is 1.15 bits per heavy atom. The van der Waals surface area contributed by atoms with Crippen LogP contribution < -0.4 is 5.43 Å². The van der Waals surface area contributed by atoms with Crippen LogP contribution in [-0.2, 0) is 6.42 Å². The number of nitrogens with zero attached hydrogens (tertiary/aromatic N) is 3. The third-order valence-electron chi connectivity index (χ3n) is 6.11. The third kappa shape index (κ3) is 4.78. The van der Waals surface area contributed by atoms with Crippen LogP contribution in [-0.4, -0.2) is 40.4 Å². The van der Waals surface area contributed by atoms with Crippen molar-refractivity contribution >= 4 is 34.8 Å². The zero-order valence-corrected chi connectivity index (χ0v) is 19.1. The summed E-state index contributed by atoms with van der Waals surface area (Å²) in [5.41, 5.74) is 4.33. The van der Waals surface area contributed by atoms with Gasteiger partial charge < -0.3 is 9.32 Å². The van der Waals surface area contributed by atoms with Crippen molar-refractivity contribution < 1.29 is 18.9 Å². The molecule has 174 valence electrons. The summed E-state index contributed by atoms with van der Waals surface area (Å²) in [6.07, 6.45) is 6.33. The van der Waals surface area contributed by atoms with Gasteiger partial charge in [0.2, 0.25) is 0 Å². The van der Waals surface area contributed by atoms with Crippen molar-refractivity contribution in [2.24, 2.45) is 5.10 Å². The second-order valence-electron chi connectivity index (χ2n) is 8.34. The van der Waals surface area contributed by atoms with Crippen LogP contribution in [0, 0.1) is 17.0 Å². The lowest BCUT2D eigenvalue weighted by molar-refractivity contribution is -0.384. The molecular weight excluding hydrogens is 448 g/mol. The molecule has 1 N–H and O–H groups in total. The highest BCUT2D eigenvalue weighted by Gasteiger charge is 2.30. The summed E-state index contributed by atoms with van der Waals surface area (Å²) in [7, 11) is 0. The zero-order valence-electron chi connectivity index (χ0n) is 18.4. The molecule has 2 amide bonds. The summed E-state index contributed by atoms with van der Waals surface area (Å²) in [4.78, 5) is 38.0. The maximum absolute atomic E-state index is 13.1. The summed E-state index contributed by atoms with van der Waals surface area (Å²) >= 11 is 5.82. The maximum atomic E-state index is 13.1. The van der Waals surface area contributed by atoms with Crippen LogP contribution in [0.2, 0.25) is 5.02 Å². The fourth-order valence-corrected chi connectivity index (χ4v) is 4.56. The maximum Gasteiger partial charge on any atom is 0.289 e. The monoisotopic (exact) mass is 472 g/mol. The molecule has 1 aromatic heterocycles. The van der Waals surface area contributed by atoms with E-state index in [4.69, 9.17) is 16.0 Å². The third-order valence-corrected chi connectivity index (χ3v) is 6.43. The minimum absolute atomic E-state index is 0.0459. The molecule has 33 heavy (non-hydrogen) atoms. The quantitative estimate of drug-likeness (QED) is 0.513. The molecule has 0 unspecified atom stereocenters. The van der Waals surface area contributed by atoms with E-state index in [2.05, 4.69) is 10.5 Å². The van der Waals surface area contributed by atoms with Crippen molar-refractivity contribution in [2.75, 3.05) is 13.1 Å². The predicted molar refractivity (Wildman–Crippen MR) is 123 cm³/mol. The molecule has 0 radical (unpaired) electrons. The number of likely N-dealkylation sites (tertiary alicyclic amines) is 1. The Labute approximate surface area is 195 Å². The number of benzene rings is 1. The van der Waals surface area contributed by atoms with E-state index in [0.29, 0.717) is 30.1 Å². The molecular formula is C23H25ClN4O5. The van der Waals surface area contributed by atoms with E-state index in [-0.39, 0.29) is 22.2 Å². The van der Waals surface area contributed by atoms with Crippen molar-refractivity contribution in [1.82, 2.24) is 10.3 Å². The topological polar surface area (TPSA) is 118 Å². The van der Waals surface area contributed by atoms with E-state index in [1.165, 1.54) is 12.1 Å². The molecule has 2 aromatic rings. The Morgan fingerprint density at radius 3 is 2.58 bits per heavy atom. The molecule has 1 aromatic carbocycles. The van der Waals surface area contributed by atoms with Crippen LogP contribution in [0.15, 0.2) is 27.7 Å². The fourth-order valence-electron chi connectivity index (χ4n) is 4.38. The zero-order chi connectivity index (χ0) is 23.5. The number of nitrogens with one attached hydrogen (secondary N) is 1. The standard InChI is InChI=1S/C23H25ClN4O5/c1-14-20-17(25-26-22(29)15-9-10-16(24)18(13-15)28(31)32)7-6-8-19(20)33-21(14)23(30)27-11-4-2-3-5-12-27/h9-10,13H,2-8,11-12H2,1H3,(H,26,29)/b25-17+. The van der Waals surface area contributed by atoms with Crippen molar-refractivity contribution in [1.29, 1.82) is 0 Å². The highest BCUT2D eigenvalue weighted by molar-refractivity contribution is 6.32. The van der Waals surface area contributed by atoms with Gasteiger partial charge in [0.05, 0.1) is 10.6 Å². The van der Waals surface area contributed by atoms with E-state index >= 15 is 0 Å². The van der Waals surface area contributed by atoms with E-state index in [1.54, 1.807) is 0 Å². The Morgan fingerprint density at radius 2 is 1.88 bits per heavy atom. The molecule has 2 aliphatic rings. The molecule has 0 saturated carbocycles. The molecule has 1 aliphatic carbocycles. The number of aryl methyl sites for hydroxylation is 1. The number of nitro benzene ring substituents is 1. The average Bonchev–Trinajstić information content (AvgIpc) is 2.97. The first-order valence-electron chi connectivity index (χ1n) is 11.1. The van der Waals surface area contributed by atoms with Crippen LogP contribution in [0.5, 0.6) is 0 Å². The van der Waals surface area contributed by atoms with E-state index in [9.17, 15) is 19.7 Å². The number of hydrazone groups is 1. The minimum Gasteiger partial charge on any atom is -0.455 e. The number of carbonyl (C=O) groups excluding carboxylic acids is 2. The van der Waals surface area contributed by atoms with Gasteiger partial charge in [-0.25, -0.2) is 5.43 Å². The lowest BCUT2D eigenvalue weighted by Crippen LogP contribution is -2.32. The van der Waals surface area contributed by atoms with E-state index < -0.39 is 10.8 Å². The van der Waals surface area contributed by atoms with E-state index in [1.807, 2.05) is 11.8 Å². The van der Waals surface area contributed by atoms with Crippen molar-refractivity contribution in [2.45, 2.75) is 51.9 Å². The molecule has 4 rings (SSSR count). The van der Waals surface area contributed by atoms with Gasteiger partial charge in [-0.1, -0.05) is 24.4 Å². The van der Waals surface area contributed by atoms with Gasteiger partial charge in [-0.2, -0.15) is 5.10 Å². The lowest BCUT2D eigenvalue weighted by Gasteiger charge is -2.19. The van der Waals surface area contributed by atoms with Crippen LogP contribution in [0.1, 0.15) is 76.3 Å². The number of halogens is 1. The summed E-state index contributed by atoms with van der Waals surface area (Å²) in [6, 6.07) is 3.82. The van der Waals surface area contributed by atoms with Crippen LogP contribution in [0.25, 0.3) is 0 Å². The average molecular weight is 473 g/mol. The number of carbonyl (C=O) groups is 2. The van der Waals surface area contributed by atoms with Crippen molar-refractivity contribution in [3.05, 3.63) is 61.5 Å². The molecule has 1 fully saturated rings. The number of fused-ring (bicyclic) bond motifs is 1. The van der Waals surface area contributed by atoms with Gasteiger partial charge in [0.25, 0.3) is 17.5 Å². The van der Waals surface area contributed by atoms with Gasteiger partial charge in [0.15, 0.2) is 5.76 Å². The molecule has 2 heterocycles. The van der Waals surface area contributed by atoms with Crippen LogP contribution in [0.3, 0.4) is 0 Å². The normalized spacial score (nSPS) is 17.4. The second kappa shape index (κ2) is 9.74. The summed E-state index contributed by atoms with van der Waals surface area (Å²) in [5, 5.41) is 15.3.